The third kappa shape index (κ3) is 4.10. The molecule has 8 heteroatoms. The smallest absolute Gasteiger partial charge is 0.508 e. The van der Waals surface area contributed by atoms with Crippen molar-refractivity contribution < 1.29 is 33.9 Å². The van der Waals surface area contributed by atoms with Crippen LogP contribution in [0.1, 0.15) is 24.0 Å². The molecule has 0 amide bonds. The molecule has 0 saturated carbocycles. The van der Waals surface area contributed by atoms with Gasteiger partial charge in [-0.25, -0.2) is 4.57 Å². The van der Waals surface area contributed by atoms with Crippen LogP contribution in [-0.4, -0.2) is 25.8 Å². The third-order valence-electron chi connectivity index (χ3n) is 3.16. The van der Waals surface area contributed by atoms with E-state index < -0.39 is 19.5 Å². The van der Waals surface area contributed by atoms with Crippen molar-refractivity contribution in [3.63, 3.8) is 0 Å². The van der Waals surface area contributed by atoms with Gasteiger partial charge in [0.2, 0.25) is 0 Å². The molecule has 2 aromatic rings. The third-order valence-corrected chi connectivity index (χ3v) is 3.59. The number of carbonyl (C=O) groups excluding carboxylic acids is 1. The molecule has 1 atom stereocenters. The summed E-state index contributed by atoms with van der Waals surface area (Å²) in [4.78, 5) is 30.1. The molecule has 0 radical (unpaired) electrons. The summed E-state index contributed by atoms with van der Waals surface area (Å²) >= 11 is 0. The zero-order chi connectivity index (χ0) is 17.2. The van der Waals surface area contributed by atoms with Crippen molar-refractivity contribution in [1.29, 1.82) is 0 Å². The molecule has 0 bridgehead atoms. The van der Waals surface area contributed by atoms with Crippen LogP contribution in [0.5, 0.6) is 17.2 Å². The fourth-order valence-corrected chi connectivity index (χ4v) is 2.75. The number of benzene rings is 2. The maximum Gasteiger partial charge on any atom is 0.524 e. The molecule has 122 valence electrons. The molecule has 0 aliphatic heterocycles. The molecule has 0 heterocycles. The van der Waals surface area contributed by atoms with E-state index in [4.69, 9.17) is 9.79 Å². The van der Waals surface area contributed by atoms with Gasteiger partial charge in [-0.15, -0.1) is 0 Å². The monoisotopic (exact) mass is 338 g/mol. The highest BCUT2D eigenvalue weighted by molar-refractivity contribution is 7.46. The van der Waals surface area contributed by atoms with Gasteiger partial charge >= 0.3 is 7.82 Å². The van der Waals surface area contributed by atoms with Crippen LogP contribution in [0.25, 0.3) is 0 Å². The van der Waals surface area contributed by atoms with Crippen molar-refractivity contribution in [3.05, 3.63) is 53.6 Å². The van der Waals surface area contributed by atoms with Crippen molar-refractivity contribution >= 4 is 13.6 Å². The molecule has 0 saturated heterocycles. The van der Waals surface area contributed by atoms with Crippen molar-refractivity contribution in [2.75, 3.05) is 0 Å². The van der Waals surface area contributed by atoms with Crippen LogP contribution in [0, 0.1) is 0 Å². The first kappa shape index (κ1) is 17.0. The van der Waals surface area contributed by atoms with Gasteiger partial charge < -0.3 is 14.7 Å². The molecular weight excluding hydrogens is 323 g/mol. The van der Waals surface area contributed by atoms with Crippen molar-refractivity contribution in [3.8, 4) is 17.2 Å². The number of phenols is 2. The summed E-state index contributed by atoms with van der Waals surface area (Å²) in [6.07, 6.45) is 0. The molecule has 2 rings (SSSR count). The van der Waals surface area contributed by atoms with Gasteiger partial charge in [0.15, 0.2) is 0 Å². The fraction of sp³-hybridized carbons (Fsp3) is 0.133. The molecule has 0 fully saturated rings. The van der Waals surface area contributed by atoms with Crippen LogP contribution >= 0.6 is 7.82 Å². The summed E-state index contributed by atoms with van der Waals surface area (Å²) in [7, 11) is -4.88. The number of carbonyl (C=O) groups is 1. The minimum Gasteiger partial charge on any atom is -0.508 e. The average Bonchev–Trinajstić information content (AvgIpc) is 2.40. The first-order valence-electron chi connectivity index (χ1n) is 6.55. The van der Waals surface area contributed by atoms with E-state index in [0.29, 0.717) is 5.56 Å². The van der Waals surface area contributed by atoms with Gasteiger partial charge in [-0.3, -0.25) is 14.6 Å². The molecule has 0 spiro atoms. The Kier molecular flexibility index (Phi) is 4.75. The van der Waals surface area contributed by atoms with E-state index in [2.05, 4.69) is 4.52 Å². The van der Waals surface area contributed by atoms with Crippen molar-refractivity contribution in [2.24, 2.45) is 0 Å². The number of phosphoric acid groups is 1. The van der Waals surface area contributed by atoms with Crippen LogP contribution in [0.15, 0.2) is 42.5 Å². The highest BCUT2D eigenvalue weighted by Crippen LogP contribution is 2.45. The molecule has 4 N–H and O–H groups in total. The topological polar surface area (TPSA) is 124 Å². The number of hydrogen-bond acceptors (Lipinski definition) is 5. The number of phosphoric ester groups is 1. The minimum absolute atomic E-state index is 0.0751. The van der Waals surface area contributed by atoms with Crippen molar-refractivity contribution in [1.82, 2.24) is 0 Å². The second kappa shape index (κ2) is 6.42. The lowest BCUT2D eigenvalue weighted by molar-refractivity contribution is -0.117. The Balaban J connectivity index is 2.65. The second-order valence-electron chi connectivity index (χ2n) is 4.91. The van der Waals surface area contributed by atoms with Gasteiger partial charge in [-0.1, -0.05) is 18.2 Å². The summed E-state index contributed by atoms with van der Waals surface area (Å²) in [5.74, 6) is -2.18. The van der Waals surface area contributed by atoms with Gasteiger partial charge in [-0.05, 0) is 36.8 Å². The largest absolute Gasteiger partial charge is 0.524 e. The summed E-state index contributed by atoms with van der Waals surface area (Å²) < 4.78 is 15.7. The number of Topliss-reactive ketones (excluding diaryl/α,β-unsaturated/α-hetero) is 1. The van der Waals surface area contributed by atoms with Crippen LogP contribution in [0.2, 0.25) is 0 Å². The molecule has 1 unspecified atom stereocenters. The van der Waals surface area contributed by atoms with E-state index in [9.17, 15) is 19.6 Å². The van der Waals surface area contributed by atoms with E-state index in [-0.39, 0.29) is 22.8 Å². The maximum absolute atomic E-state index is 12.1. The SMILES string of the molecule is CC(=O)C(c1cccc(O)c1)c1c(O)cccc1OP(=O)(O)O. The van der Waals surface area contributed by atoms with Gasteiger partial charge in [-0.2, -0.15) is 0 Å². The minimum atomic E-state index is -4.88. The zero-order valence-electron chi connectivity index (χ0n) is 12.1. The second-order valence-corrected chi connectivity index (χ2v) is 6.07. The van der Waals surface area contributed by atoms with Crippen LogP contribution < -0.4 is 4.52 Å². The zero-order valence-corrected chi connectivity index (χ0v) is 13.0. The van der Waals surface area contributed by atoms with E-state index in [1.54, 1.807) is 6.07 Å². The summed E-state index contributed by atoms with van der Waals surface area (Å²) in [6.45, 7) is 1.27. The molecular formula is C15H15O7P. The lowest BCUT2D eigenvalue weighted by atomic mass is 9.87. The van der Waals surface area contributed by atoms with Crippen LogP contribution in [0.4, 0.5) is 0 Å². The highest BCUT2D eigenvalue weighted by Gasteiger charge is 2.29. The molecule has 2 aromatic carbocycles. The number of aromatic hydroxyl groups is 2. The summed E-state index contributed by atoms with van der Waals surface area (Å²) in [6, 6.07) is 9.68. The number of rotatable bonds is 5. The molecule has 0 aliphatic rings. The Labute approximate surface area is 132 Å². The van der Waals surface area contributed by atoms with E-state index in [1.165, 1.54) is 43.3 Å². The quantitative estimate of drug-likeness (QED) is 0.617. The number of ketones is 1. The Hall–Kier alpha value is -2.34. The number of hydrogen-bond donors (Lipinski definition) is 4. The first-order valence-corrected chi connectivity index (χ1v) is 8.08. The normalized spacial score (nSPS) is 12.7. The van der Waals surface area contributed by atoms with Crippen molar-refractivity contribution in [2.45, 2.75) is 12.8 Å². The van der Waals surface area contributed by atoms with E-state index >= 15 is 0 Å². The Bertz CT molecular complexity index is 781. The van der Waals surface area contributed by atoms with Gasteiger partial charge in [0.25, 0.3) is 0 Å². The van der Waals surface area contributed by atoms with E-state index in [0.717, 1.165) is 0 Å². The molecule has 23 heavy (non-hydrogen) atoms. The standard InChI is InChI=1S/C15H15O7P/c1-9(16)14(10-4-2-5-11(17)8-10)15-12(18)6-3-7-13(15)22-23(19,20)21/h2-8,14,17-18H,1H3,(H2,19,20,21). The average molecular weight is 338 g/mol. The fourth-order valence-electron chi connectivity index (χ4n) is 2.34. The predicted octanol–water partition coefficient (Wildman–Crippen LogP) is 2.29. The molecule has 0 aliphatic carbocycles. The lowest BCUT2D eigenvalue weighted by Crippen LogP contribution is -2.12. The molecule has 7 nitrogen and oxygen atoms in total. The maximum atomic E-state index is 12.1. The Morgan fingerprint density at radius 3 is 2.35 bits per heavy atom. The number of phenolic OH excluding ortho intramolecular Hbond substituents is 2. The van der Waals surface area contributed by atoms with Crippen LogP contribution in [0.3, 0.4) is 0 Å². The Morgan fingerprint density at radius 2 is 1.78 bits per heavy atom. The van der Waals surface area contributed by atoms with Gasteiger partial charge in [0.1, 0.15) is 23.0 Å². The molecule has 0 aromatic heterocycles. The highest BCUT2D eigenvalue weighted by atomic mass is 31.2. The first-order chi connectivity index (χ1) is 10.7. The van der Waals surface area contributed by atoms with E-state index in [1.807, 2.05) is 0 Å². The summed E-state index contributed by atoms with van der Waals surface area (Å²) in [5, 5.41) is 19.7. The lowest BCUT2D eigenvalue weighted by Gasteiger charge is -2.20. The van der Waals surface area contributed by atoms with Crippen LogP contribution in [-0.2, 0) is 9.36 Å². The van der Waals surface area contributed by atoms with Gasteiger partial charge in [0.05, 0.1) is 11.5 Å². The van der Waals surface area contributed by atoms with Gasteiger partial charge in [0, 0.05) is 0 Å². The predicted molar refractivity (Wildman–Crippen MR) is 81.4 cm³/mol. The summed E-state index contributed by atoms with van der Waals surface area (Å²) in [5.41, 5.74) is 0.281. The Morgan fingerprint density at radius 1 is 1.13 bits per heavy atom.